The fourth-order valence-electron chi connectivity index (χ4n) is 3.56. The SMILES string of the molecule is O=C(C1CCCN(c2ncnc3nc[nH]c23)C1)N1CCCC1. The Balaban J connectivity index is 1.55. The quantitative estimate of drug-likeness (QED) is 0.901. The fourth-order valence-corrected chi connectivity index (χ4v) is 3.56. The molecule has 4 rings (SSSR count). The number of fused-ring (bicyclic) bond motifs is 1. The lowest BCUT2D eigenvalue weighted by Crippen LogP contribution is -2.44. The number of hydrogen-bond donors (Lipinski definition) is 1. The molecule has 0 saturated carbocycles. The molecule has 4 heterocycles. The van der Waals surface area contributed by atoms with Gasteiger partial charge in [-0.2, -0.15) is 0 Å². The van der Waals surface area contributed by atoms with Crippen LogP contribution >= 0.6 is 0 Å². The maximum Gasteiger partial charge on any atom is 0.227 e. The fraction of sp³-hybridized carbons (Fsp3) is 0.600. The van der Waals surface area contributed by atoms with Crippen LogP contribution < -0.4 is 4.90 Å². The third-order valence-electron chi connectivity index (χ3n) is 4.69. The number of likely N-dealkylation sites (tertiary alicyclic amines) is 1. The molecule has 1 unspecified atom stereocenters. The van der Waals surface area contributed by atoms with Gasteiger partial charge in [-0.25, -0.2) is 15.0 Å². The minimum atomic E-state index is 0.0831. The van der Waals surface area contributed by atoms with Crippen LogP contribution in [0.4, 0.5) is 5.82 Å². The molecule has 0 radical (unpaired) electrons. The van der Waals surface area contributed by atoms with Crippen LogP contribution in [-0.4, -0.2) is 56.9 Å². The molecule has 2 aliphatic rings. The van der Waals surface area contributed by atoms with Gasteiger partial charge in [0.05, 0.1) is 12.2 Å². The van der Waals surface area contributed by atoms with E-state index < -0.39 is 0 Å². The Labute approximate surface area is 128 Å². The number of aromatic amines is 1. The maximum absolute atomic E-state index is 12.6. The lowest BCUT2D eigenvalue weighted by molar-refractivity contribution is -0.134. The topological polar surface area (TPSA) is 78.0 Å². The standard InChI is InChI=1S/C15H20N6O/c22-15(20-5-1-2-6-20)11-4-3-7-21(8-11)14-12-13(17-9-16-12)18-10-19-14/h9-11H,1-8H2,(H,16,17,18,19). The van der Waals surface area contributed by atoms with Gasteiger partial charge in [-0.05, 0) is 25.7 Å². The average Bonchev–Trinajstić information content (AvgIpc) is 3.25. The highest BCUT2D eigenvalue weighted by Gasteiger charge is 2.31. The lowest BCUT2D eigenvalue weighted by atomic mass is 9.96. The second-order valence-electron chi connectivity index (χ2n) is 6.12. The van der Waals surface area contributed by atoms with Crippen molar-refractivity contribution in [3.63, 3.8) is 0 Å². The second-order valence-corrected chi connectivity index (χ2v) is 6.12. The van der Waals surface area contributed by atoms with Crippen LogP contribution in [0, 0.1) is 5.92 Å². The molecule has 0 bridgehead atoms. The molecule has 2 saturated heterocycles. The number of nitrogens with one attached hydrogen (secondary N) is 1. The van der Waals surface area contributed by atoms with Gasteiger partial charge in [-0.1, -0.05) is 0 Å². The van der Waals surface area contributed by atoms with Gasteiger partial charge in [0.25, 0.3) is 0 Å². The number of amides is 1. The van der Waals surface area contributed by atoms with Crippen molar-refractivity contribution in [1.82, 2.24) is 24.8 Å². The summed E-state index contributed by atoms with van der Waals surface area (Å²) in [7, 11) is 0. The van der Waals surface area contributed by atoms with E-state index in [0.29, 0.717) is 11.6 Å². The van der Waals surface area contributed by atoms with Crippen LogP contribution in [0.3, 0.4) is 0 Å². The van der Waals surface area contributed by atoms with Gasteiger partial charge in [0.1, 0.15) is 11.8 Å². The molecule has 2 fully saturated rings. The molecule has 2 aliphatic heterocycles. The first-order valence-electron chi connectivity index (χ1n) is 8.01. The Morgan fingerprint density at radius 1 is 1.14 bits per heavy atom. The molecule has 116 valence electrons. The van der Waals surface area contributed by atoms with Crippen LogP contribution in [-0.2, 0) is 4.79 Å². The van der Waals surface area contributed by atoms with E-state index in [1.54, 1.807) is 12.7 Å². The predicted molar refractivity (Wildman–Crippen MR) is 82.4 cm³/mol. The second kappa shape index (κ2) is 5.55. The van der Waals surface area contributed by atoms with Crippen LogP contribution in [0.5, 0.6) is 0 Å². The zero-order valence-electron chi connectivity index (χ0n) is 12.5. The Morgan fingerprint density at radius 3 is 2.86 bits per heavy atom. The molecule has 7 heteroatoms. The highest BCUT2D eigenvalue weighted by molar-refractivity contribution is 5.84. The van der Waals surface area contributed by atoms with Crippen LogP contribution in [0.15, 0.2) is 12.7 Å². The Hall–Kier alpha value is -2.18. The molecule has 1 N–H and O–H groups in total. The highest BCUT2D eigenvalue weighted by atomic mass is 16.2. The van der Waals surface area contributed by atoms with Crippen LogP contribution in [0.25, 0.3) is 11.2 Å². The van der Waals surface area contributed by atoms with Crippen molar-refractivity contribution in [2.75, 3.05) is 31.1 Å². The van der Waals surface area contributed by atoms with E-state index in [1.807, 2.05) is 4.90 Å². The summed E-state index contributed by atoms with van der Waals surface area (Å²) in [6, 6.07) is 0. The summed E-state index contributed by atoms with van der Waals surface area (Å²) in [5.74, 6) is 1.26. The van der Waals surface area contributed by atoms with Crippen molar-refractivity contribution < 1.29 is 4.79 Å². The zero-order valence-corrected chi connectivity index (χ0v) is 12.5. The van der Waals surface area contributed by atoms with Crippen LogP contribution in [0.2, 0.25) is 0 Å². The number of imidazole rings is 1. The Morgan fingerprint density at radius 2 is 2.00 bits per heavy atom. The number of H-pyrrole nitrogens is 1. The number of piperidine rings is 1. The van der Waals surface area contributed by atoms with Gasteiger partial charge in [-0.3, -0.25) is 4.79 Å². The molecule has 7 nitrogen and oxygen atoms in total. The number of anilines is 1. The lowest BCUT2D eigenvalue weighted by Gasteiger charge is -2.34. The van der Waals surface area contributed by atoms with E-state index in [9.17, 15) is 4.79 Å². The number of carbonyl (C=O) groups is 1. The van der Waals surface area contributed by atoms with Crippen molar-refractivity contribution >= 4 is 22.9 Å². The molecule has 2 aromatic heterocycles. The van der Waals surface area contributed by atoms with Gasteiger partial charge in [-0.15, -0.1) is 0 Å². The average molecular weight is 300 g/mol. The van der Waals surface area contributed by atoms with Crippen molar-refractivity contribution in [2.45, 2.75) is 25.7 Å². The van der Waals surface area contributed by atoms with E-state index in [0.717, 1.165) is 63.2 Å². The monoisotopic (exact) mass is 300 g/mol. The molecular formula is C15H20N6O. The van der Waals surface area contributed by atoms with Crippen LogP contribution in [0.1, 0.15) is 25.7 Å². The minimum Gasteiger partial charge on any atom is -0.354 e. The van der Waals surface area contributed by atoms with Crippen molar-refractivity contribution in [3.05, 3.63) is 12.7 Å². The highest BCUT2D eigenvalue weighted by Crippen LogP contribution is 2.27. The van der Waals surface area contributed by atoms with Crippen molar-refractivity contribution in [1.29, 1.82) is 0 Å². The predicted octanol–water partition coefficient (Wildman–Crippen LogP) is 1.19. The van der Waals surface area contributed by atoms with E-state index in [1.165, 1.54) is 0 Å². The largest absolute Gasteiger partial charge is 0.354 e. The molecule has 0 aliphatic carbocycles. The number of rotatable bonds is 2. The molecule has 22 heavy (non-hydrogen) atoms. The Bertz CT molecular complexity index is 677. The van der Waals surface area contributed by atoms with Crippen molar-refractivity contribution in [3.8, 4) is 0 Å². The van der Waals surface area contributed by atoms with E-state index in [2.05, 4.69) is 24.8 Å². The molecule has 0 spiro atoms. The van der Waals surface area contributed by atoms with Gasteiger partial charge < -0.3 is 14.8 Å². The van der Waals surface area contributed by atoms with Gasteiger partial charge in [0.15, 0.2) is 11.5 Å². The summed E-state index contributed by atoms with van der Waals surface area (Å²) in [6.07, 6.45) is 7.46. The summed E-state index contributed by atoms with van der Waals surface area (Å²) in [5.41, 5.74) is 1.54. The zero-order chi connectivity index (χ0) is 14.9. The van der Waals surface area contributed by atoms with E-state index in [-0.39, 0.29) is 5.92 Å². The summed E-state index contributed by atoms with van der Waals surface area (Å²) < 4.78 is 0. The van der Waals surface area contributed by atoms with E-state index >= 15 is 0 Å². The summed E-state index contributed by atoms with van der Waals surface area (Å²) >= 11 is 0. The van der Waals surface area contributed by atoms with Crippen molar-refractivity contribution in [2.24, 2.45) is 5.92 Å². The number of hydrogen-bond acceptors (Lipinski definition) is 5. The normalized spacial score (nSPS) is 22.5. The molecule has 1 atom stereocenters. The maximum atomic E-state index is 12.6. The summed E-state index contributed by atoms with van der Waals surface area (Å²) in [5, 5.41) is 0. The Kier molecular flexibility index (Phi) is 3.40. The summed E-state index contributed by atoms with van der Waals surface area (Å²) in [4.78, 5) is 32.7. The van der Waals surface area contributed by atoms with Gasteiger partial charge in [0, 0.05) is 26.2 Å². The van der Waals surface area contributed by atoms with E-state index in [4.69, 9.17) is 0 Å². The first-order chi connectivity index (χ1) is 10.8. The molecule has 0 aromatic carbocycles. The number of carbonyl (C=O) groups excluding carboxylic acids is 1. The minimum absolute atomic E-state index is 0.0831. The third-order valence-corrected chi connectivity index (χ3v) is 4.69. The number of nitrogens with zero attached hydrogens (tertiary/aromatic N) is 5. The van der Waals surface area contributed by atoms with Gasteiger partial charge >= 0.3 is 0 Å². The molecule has 1 amide bonds. The molecular weight excluding hydrogens is 280 g/mol. The smallest absolute Gasteiger partial charge is 0.227 e. The number of aromatic nitrogens is 4. The third kappa shape index (κ3) is 2.30. The first-order valence-corrected chi connectivity index (χ1v) is 8.01. The first kappa shape index (κ1) is 13.5. The molecule has 2 aromatic rings. The summed E-state index contributed by atoms with van der Waals surface area (Å²) in [6.45, 7) is 3.51. The van der Waals surface area contributed by atoms with Gasteiger partial charge in [0.2, 0.25) is 5.91 Å².